The van der Waals surface area contributed by atoms with Gasteiger partial charge in [0, 0.05) is 23.6 Å². The van der Waals surface area contributed by atoms with Gasteiger partial charge < -0.3 is 0 Å². The molecule has 0 radical (unpaired) electrons. The fraction of sp³-hybridized carbons (Fsp3) is 0.545. The molecule has 0 amide bonds. The summed E-state index contributed by atoms with van der Waals surface area (Å²) in [4.78, 5) is 16.4. The number of aromatic nitrogens is 4. The molecule has 0 atom stereocenters. The monoisotopic (exact) mass is 254 g/mol. The fourth-order valence-electron chi connectivity index (χ4n) is 1.72. The highest BCUT2D eigenvalue weighted by Crippen LogP contribution is 2.25. The molecule has 0 spiro atoms. The lowest BCUT2D eigenvalue weighted by atomic mass is 9.91. The van der Waals surface area contributed by atoms with Gasteiger partial charge in [-0.05, 0) is 0 Å². The van der Waals surface area contributed by atoms with Crippen molar-refractivity contribution in [1.29, 1.82) is 0 Å². The summed E-state index contributed by atoms with van der Waals surface area (Å²) in [5.41, 5.74) is 1.31. The Kier molecular flexibility index (Phi) is 2.73. The number of nitrogens with one attached hydrogen (secondary N) is 1. The molecular weight excluding hydrogens is 240 g/mol. The predicted octanol–water partition coefficient (Wildman–Crippen LogP) is 1.98. The van der Waals surface area contributed by atoms with Crippen LogP contribution in [-0.4, -0.2) is 19.3 Å². The minimum Gasteiger partial charge on any atom is -0.279 e. The number of fused-ring (bicyclic) bond motifs is 1. The van der Waals surface area contributed by atoms with Crippen LogP contribution in [-0.2, 0) is 11.8 Å². The highest BCUT2D eigenvalue weighted by molar-refractivity contribution is 6.16. The average Bonchev–Trinajstić information content (AvgIpc) is 2.66. The van der Waals surface area contributed by atoms with Crippen LogP contribution in [0.2, 0.25) is 0 Å². The Morgan fingerprint density at radius 1 is 1.35 bits per heavy atom. The van der Waals surface area contributed by atoms with Gasteiger partial charge in [-0.2, -0.15) is 5.10 Å². The maximum absolute atomic E-state index is 12.0. The van der Waals surface area contributed by atoms with Crippen LogP contribution in [0, 0.1) is 0 Å². The number of hydrogen-bond acceptors (Lipinski definition) is 3. The van der Waals surface area contributed by atoms with E-state index in [2.05, 4.69) is 15.2 Å². The van der Waals surface area contributed by atoms with Crippen molar-refractivity contribution in [3.63, 3.8) is 0 Å². The van der Waals surface area contributed by atoms with Gasteiger partial charge in [-0.3, -0.25) is 9.89 Å². The standard InChI is InChI=1S/C11H15ClN4O/c1-5-6-13-7-8(10(17)16(6)12)14-15-9(7)11(2,3)4/h5H2,1-4H3,(H,14,15). The van der Waals surface area contributed by atoms with Gasteiger partial charge in [0.25, 0.3) is 5.56 Å². The number of aryl methyl sites for hydroxylation is 1. The smallest absolute Gasteiger partial charge is 0.279 e. The van der Waals surface area contributed by atoms with Gasteiger partial charge in [-0.25, -0.2) is 9.07 Å². The van der Waals surface area contributed by atoms with Crippen LogP contribution in [0.15, 0.2) is 4.79 Å². The summed E-state index contributed by atoms with van der Waals surface area (Å²) < 4.78 is 1.04. The SMILES string of the molecule is CCc1nc2c(C(C)(C)C)[nH]nc2c(=O)n1Cl. The summed E-state index contributed by atoms with van der Waals surface area (Å²) in [5, 5.41) is 6.90. The Hall–Kier alpha value is -1.36. The molecule has 0 saturated carbocycles. The molecule has 17 heavy (non-hydrogen) atoms. The molecule has 92 valence electrons. The molecule has 2 heterocycles. The zero-order chi connectivity index (χ0) is 12.8. The van der Waals surface area contributed by atoms with Crippen LogP contribution in [0.3, 0.4) is 0 Å². The van der Waals surface area contributed by atoms with Gasteiger partial charge >= 0.3 is 0 Å². The largest absolute Gasteiger partial charge is 0.296 e. The summed E-state index contributed by atoms with van der Waals surface area (Å²) in [7, 11) is 0. The van der Waals surface area contributed by atoms with Crippen molar-refractivity contribution < 1.29 is 0 Å². The first-order valence-electron chi connectivity index (χ1n) is 5.53. The molecule has 6 heteroatoms. The highest BCUT2D eigenvalue weighted by atomic mass is 35.5. The zero-order valence-electron chi connectivity index (χ0n) is 10.3. The Bertz CT molecular complexity index is 621. The van der Waals surface area contributed by atoms with E-state index in [-0.39, 0.29) is 11.0 Å². The van der Waals surface area contributed by atoms with Crippen molar-refractivity contribution in [1.82, 2.24) is 19.3 Å². The Labute approximate surface area is 104 Å². The van der Waals surface area contributed by atoms with Gasteiger partial charge in [0.1, 0.15) is 11.3 Å². The van der Waals surface area contributed by atoms with E-state index in [1.807, 2.05) is 27.7 Å². The maximum atomic E-state index is 12.0. The summed E-state index contributed by atoms with van der Waals surface area (Å²) in [6, 6.07) is 0. The third-order valence-electron chi connectivity index (χ3n) is 2.66. The van der Waals surface area contributed by atoms with E-state index in [0.29, 0.717) is 23.3 Å². The van der Waals surface area contributed by atoms with E-state index in [1.165, 1.54) is 0 Å². The normalized spacial score (nSPS) is 12.3. The number of halogens is 1. The van der Waals surface area contributed by atoms with Crippen molar-refractivity contribution in [2.24, 2.45) is 0 Å². The van der Waals surface area contributed by atoms with Crippen molar-refractivity contribution >= 4 is 22.8 Å². The van der Waals surface area contributed by atoms with Crippen molar-refractivity contribution in [2.75, 3.05) is 0 Å². The van der Waals surface area contributed by atoms with Crippen LogP contribution in [0.5, 0.6) is 0 Å². The van der Waals surface area contributed by atoms with E-state index in [4.69, 9.17) is 11.8 Å². The number of rotatable bonds is 1. The van der Waals surface area contributed by atoms with E-state index < -0.39 is 0 Å². The lowest BCUT2D eigenvalue weighted by molar-refractivity contribution is 0.570. The first-order chi connectivity index (χ1) is 7.86. The van der Waals surface area contributed by atoms with E-state index >= 15 is 0 Å². The quantitative estimate of drug-likeness (QED) is 0.846. The zero-order valence-corrected chi connectivity index (χ0v) is 11.1. The second-order valence-corrected chi connectivity index (χ2v) is 5.35. The van der Waals surface area contributed by atoms with Crippen LogP contribution in [0.1, 0.15) is 39.2 Å². The van der Waals surface area contributed by atoms with E-state index in [1.54, 1.807) is 0 Å². The van der Waals surface area contributed by atoms with Crippen molar-refractivity contribution in [2.45, 2.75) is 39.5 Å². The molecule has 0 fully saturated rings. The van der Waals surface area contributed by atoms with Gasteiger partial charge in [0.2, 0.25) is 0 Å². The van der Waals surface area contributed by atoms with Gasteiger partial charge in [0.15, 0.2) is 5.52 Å². The number of nitrogens with zero attached hydrogens (tertiary/aromatic N) is 3. The van der Waals surface area contributed by atoms with Crippen LogP contribution < -0.4 is 5.56 Å². The minimum absolute atomic E-state index is 0.141. The van der Waals surface area contributed by atoms with E-state index in [0.717, 1.165) is 9.78 Å². The molecule has 0 aliphatic heterocycles. The molecule has 1 N–H and O–H groups in total. The first-order valence-corrected chi connectivity index (χ1v) is 5.86. The molecule has 5 nitrogen and oxygen atoms in total. The molecule has 0 unspecified atom stereocenters. The van der Waals surface area contributed by atoms with Crippen LogP contribution >= 0.6 is 11.8 Å². The molecule has 0 aliphatic rings. The summed E-state index contributed by atoms with van der Waals surface area (Å²) in [5.74, 6) is 0.552. The molecule has 0 aromatic carbocycles. The third kappa shape index (κ3) is 1.84. The molecule has 2 rings (SSSR count). The summed E-state index contributed by atoms with van der Waals surface area (Å²) in [6.45, 7) is 8.03. The Morgan fingerprint density at radius 2 is 2.00 bits per heavy atom. The second kappa shape index (κ2) is 3.84. The molecule has 2 aromatic heterocycles. The topological polar surface area (TPSA) is 63.6 Å². The molecule has 0 bridgehead atoms. The third-order valence-corrected chi connectivity index (χ3v) is 3.00. The van der Waals surface area contributed by atoms with Crippen LogP contribution in [0.4, 0.5) is 0 Å². The lowest BCUT2D eigenvalue weighted by Gasteiger charge is -2.16. The summed E-state index contributed by atoms with van der Waals surface area (Å²) in [6.07, 6.45) is 0.601. The first kappa shape index (κ1) is 12.1. The summed E-state index contributed by atoms with van der Waals surface area (Å²) >= 11 is 5.88. The second-order valence-electron chi connectivity index (χ2n) is 5.01. The minimum atomic E-state index is -0.319. The fourth-order valence-corrected chi connectivity index (χ4v) is 1.96. The van der Waals surface area contributed by atoms with Gasteiger partial charge in [-0.1, -0.05) is 27.7 Å². The molecule has 0 saturated heterocycles. The lowest BCUT2D eigenvalue weighted by Crippen LogP contribution is -2.19. The molecule has 0 aliphatic carbocycles. The molecular formula is C11H15ClN4O. The molecule has 2 aromatic rings. The number of hydrogen-bond donors (Lipinski definition) is 1. The number of H-pyrrole nitrogens is 1. The predicted molar refractivity (Wildman–Crippen MR) is 67.5 cm³/mol. The van der Waals surface area contributed by atoms with Crippen LogP contribution in [0.25, 0.3) is 11.0 Å². The average molecular weight is 255 g/mol. The van der Waals surface area contributed by atoms with Gasteiger partial charge in [-0.15, -0.1) is 0 Å². The Balaban J connectivity index is 2.87. The maximum Gasteiger partial charge on any atom is 0.296 e. The Morgan fingerprint density at radius 3 is 2.53 bits per heavy atom. The highest BCUT2D eigenvalue weighted by Gasteiger charge is 2.23. The van der Waals surface area contributed by atoms with Crippen molar-refractivity contribution in [3.8, 4) is 0 Å². The van der Waals surface area contributed by atoms with E-state index in [9.17, 15) is 4.79 Å². The number of aromatic amines is 1. The van der Waals surface area contributed by atoms with Gasteiger partial charge in [0.05, 0.1) is 5.69 Å². The van der Waals surface area contributed by atoms with Crippen molar-refractivity contribution in [3.05, 3.63) is 21.9 Å².